The Kier molecular flexibility index (Phi) is 3.53. The van der Waals surface area contributed by atoms with Gasteiger partial charge in [0.15, 0.2) is 0 Å². The van der Waals surface area contributed by atoms with Crippen LogP contribution >= 0.6 is 11.8 Å². The molecule has 3 unspecified atom stereocenters. The summed E-state index contributed by atoms with van der Waals surface area (Å²) in [7, 11) is 0. The molecule has 1 aliphatic heterocycles. The van der Waals surface area contributed by atoms with Gasteiger partial charge in [-0.15, -0.1) is 0 Å². The highest BCUT2D eigenvalue weighted by atomic mass is 32.2. The second-order valence-corrected chi connectivity index (χ2v) is 5.38. The molecule has 5 heteroatoms. The van der Waals surface area contributed by atoms with Crippen LogP contribution in [0.25, 0.3) is 0 Å². The normalized spacial score (nSPS) is 38.1. The Balaban J connectivity index is 2.06. The van der Waals surface area contributed by atoms with Gasteiger partial charge >= 0.3 is 5.97 Å². The van der Waals surface area contributed by atoms with Gasteiger partial charge in [0.1, 0.15) is 6.04 Å². The summed E-state index contributed by atoms with van der Waals surface area (Å²) >= 11 is 1.69. The fraction of sp³-hybridized carbons (Fsp3) is 0.900. The van der Waals surface area contributed by atoms with Gasteiger partial charge in [0.2, 0.25) is 0 Å². The minimum absolute atomic E-state index is 0.0759. The lowest BCUT2D eigenvalue weighted by atomic mass is 10.1. The van der Waals surface area contributed by atoms with Crippen LogP contribution in [0.5, 0.6) is 0 Å². The number of rotatable bonds is 2. The standard InChI is InChI=1S/C10H17NO3S/c12-9-3-1-2-7(9)11-4-5-15-6-8(11)10(13)14/h7-9,12H,1-6H2,(H,13,14). The Bertz CT molecular complexity index is 249. The predicted molar refractivity (Wildman–Crippen MR) is 59.1 cm³/mol. The van der Waals surface area contributed by atoms with E-state index < -0.39 is 12.0 Å². The van der Waals surface area contributed by atoms with Gasteiger partial charge in [-0.25, -0.2) is 0 Å². The average Bonchev–Trinajstić information content (AvgIpc) is 2.64. The van der Waals surface area contributed by atoms with Crippen LogP contribution < -0.4 is 0 Å². The van der Waals surface area contributed by atoms with Gasteiger partial charge in [0, 0.05) is 24.1 Å². The van der Waals surface area contributed by atoms with Crippen molar-refractivity contribution in [2.45, 2.75) is 37.5 Å². The van der Waals surface area contributed by atoms with Crippen molar-refractivity contribution >= 4 is 17.7 Å². The van der Waals surface area contributed by atoms with Gasteiger partial charge < -0.3 is 10.2 Å². The molecule has 1 saturated carbocycles. The van der Waals surface area contributed by atoms with Crippen molar-refractivity contribution in [2.24, 2.45) is 0 Å². The van der Waals surface area contributed by atoms with Gasteiger partial charge in [0.05, 0.1) is 6.10 Å². The molecule has 2 rings (SSSR count). The van der Waals surface area contributed by atoms with E-state index in [2.05, 4.69) is 0 Å². The quantitative estimate of drug-likeness (QED) is 0.720. The molecule has 15 heavy (non-hydrogen) atoms. The first kappa shape index (κ1) is 11.2. The molecule has 2 fully saturated rings. The smallest absolute Gasteiger partial charge is 0.321 e. The van der Waals surface area contributed by atoms with Crippen LogP contribution in [0.4, 0.5) is 0 Å². The van der Waals surface area contributed by atoms with E-state index in [-0.39, 0.29) is 12.1 Å². The maximum atomic E-state index is 11.1. The lowest BCUT2D eigenvalue weighted by Gasteiger charge is -2.38. The zero-order valence-corrected chi connectivity index (χ0v) is 9.45. The van der Waals surface area contributed by atoms with Crippen molar-refractivity contribution in [3.05, 3.63) is 0 Å². The van der Waals surface area contributed by atoms with Gasteiger partial charge in [0.25, 0.3) is 0 Å². The summed E-state index contributed by atoms with van der Waals surface area (Å²) in [5.74, 6) is 0.882. The average molecular weight is 231 g/mol. The van der Waals surface area contributed by atoms with Crippen molar-refractivity contribution in [3.63, 3.8) is 0 Å². The molecular weight excluding hydrogens is 214 g/mol. The van der Waals surface area contributed by atoms with Crippen molar-refractivity contribution < 1.29 is 15.0 Å². The number of thioether (sulfide) groups is 1. The number of hydrogen-bond donors (Lipinski definition) is 2. The SMILES string of the molecule is O=C(O)C1CSCCN1C1CCCC1O. The fourth-order valence-electron chi connectivity index (χ4n) is 2.53. The van der Waals surface area contributed by atoms with E-state index in [9.17, 15) is 9.90 Å². The Morgan fingerprint density at radius 3 is 2.80 bits per heavy atom. The van der Waals surface area contributed by atoms with Crippen molar-refractivity contribution in [2.75, 3.05) is 18.1 Å². The molecule has 4 nitrogen and oxygen atoms in total. The monoisotopic (exact) mass is 231 g/mol. The minimum atomic E-state index is -0.749. The van der Waals surface area contributed by atoms with Crippen LogP contribution in [0, 0.1) is 0 Å². The van der Waals surface area contributed by atoms with Crippen LogP contribution in [-0.2, 0) is 4.79 Å². The van der Waals surface area contributed by atoms with Crippen molar-refractivity contribution in [1.29, 1.82) is 0 Å². The fourth-order valence-corrected chi connectivity index (χ4v) is 3.60. The van der Waals surface area contributed by atoms with E-state index in [1.807, 2.05) is 4.90 Å². The third-order valence-corrected chi connectivity index (χ3v) is 4.35. The molecule has 86 valence electrons. The van der Waals surface area contributed by atoms with Gasteiger partial charge in [-0.2, -0.15) is 11.8 Å². The molecule has 0 aromatic heterocycles. The molecule has 0 amide bonds. The minimum Gasteiger partial charge on any atom is -0.480 e. The summed E-state index contributed by atoms with van der Waals surface area (Å²) in [6, 6.07) is -0.325. The van der Waals surface area contributed by atoms with Crippen molar-refractivity contribution in [1.82, 2.24) is 4.90 Å². The third kappa shape index (κ3) is 2.29. The third-order valence-electron chi connectivity index (χ3n) is 3.32. The number of carboxylic acid groups (broad SMARTS) is 1. The van der Waals surface area contributed by atoms with E-state index in [0.717, 1.165) is 31.6 Å². The highest BCUT2D eigenvalue weighted by Gasteiger charge is 2.38. The number of hydrogen-bond acceptors (Lipinski definition) is 4. The zero-order valence-electron chi connectivity index (χ0n) is 8.63. The number of carboxylic acids is 1. The molecule has 0 spiro atoms. The Hall–Kier alpha value is -0.260. The van der Waals surface area contributed by atoms with Crippen LogP contribution in [0.1, 0.15) is 19.3 Å². The molecule has 0 aromatic carbocycles. The highest BCUT2D eigenvalue weighted by Crippen LogP contribution is 2.29. The van der Waals surface area contributed by atoms with Gasteiger partial charge in [-0.05, 0) is 19.3 Å². The Morgan fingerprint density at radius 1 is 1.40 bits per heavy atom. The van der Waals surface area contributed by atoms with E-state index >= 15 is 0 Å². The maximum Gasteiger partial charge on any atom is 0.321 e. The summed E-state index contributed by atoms with van der Waals surface area (Å²) in [6.45, 7) is 0.795. The number of aliphatic hydroxyl groups is 1. The van der Waals surface area contributed by atoms with E-state index in [0.29, 0.717) is 5.75 Å². The summed E-state index contributed by atoms with van der Waals surface area (Å²) in [5.41, 5.74) is 0. The molecule has 2 N–H and O–H groups in total. The summed E-state index contributed by atoms with van der Waals surface area (Å²) in [5, 5.41) is 18.9. The largest absolute Gasteiger partial charge is 0.480 e. The van der Waals surface area contributed by atoms with Gasteiger partial charge in [-0.1, -0.05) is 0 Å². The molecule has 0 bridgehead atoms. The first-order valence-electron chi connectivity index (χ1n) is 5.44. The Labute approximate surface area is 93.6 Å². The molecule has 1 heterocycles. The van der Waals surface area contributed by atoms with Crippen LogP contribution in [-0.4, -0.2) is 57.3 Å². The zero-order chi connectivity index (χ0) is 10.8. The van der Waals surface area contributed by atoms with Crippen LogP contribution in [0.3, 0.4) is 0 Å². The maximum absolute atomic E-state index is 11.1. The summed E-state index contributed by atoms with van der Waals surface area (Å²) < 4.78 is 0. The van der Waals surface area contributed by atoms with E-state index in [1.54, 1.807) is 11.8 Å². The molecule has 1 aliphatic carbocycles. The molecule has 3 atom stereocenters. The van der Waals surface area contributed by atoms with Crippen molar-refractivity contribution in [3.8, 4) is 0 Å². The first-order valence-corrected chi connectivity index (χ1v) is 6.60. The molecule has 0 aromatic rings. The lowest BCUT2D eigenvalue weighted by Crippen LogP contribution is -2.54. The second-order valence-electron chi connectivity index (χ2n) is 4.23. The number of aliphatic carboxylic acids is 1. The molecule has 2 aliphatic rings. The second kappa shape index (κ2) is 4.72. The van der Waals surface area contributed by atoms with E-state index in [1.165, 1.54) is 0 Å². The topological polar surface area (TPSA) is 60.8 Å². The van der Waals surface area contributed by atoms with Crippen LogP contribution in [0.2, 0.25) is 0 Å². The number of aliphatic hydroxyl groups excluding tert-OH is 1. The van der Waals surface area contributed by atoms with Gasteiger partial charge in [-0.3, -0.25) is 9.69 Å². The van der Waals surface area contributed by atoms with Crippen LogP contribution in [0.15, 0.2) is 0 Å². The first-order chi connectivity index (χ1) is 7.20. The number of carbonyl (C=O) groups is 1. The highest BCUT2D eigenvalue weighted by molar-refractivity contribution is 7.99. The summed E-state index contributed by atoms with van der Waals surface area (Å²) in [6.07, 6.45) is 2.45. The summed E-state index contributed by atoms with van der Waals surface area (Å²) in [4.78, 5) is 13.1. The predicted octanol–water partition coefficient (Wildman–Crippen LogP) is 0.402. The Morgan fingerprint density at radius 2 is 2.20 bits per heavy atom. The molecule has 0 radical (unpaired) electrons. The molecule has 1 saturated heterocycles. The molecular formula is C10H17NO3S. The number of nitrogens with zero attached hydrogens (tertiary/aromatic N) is 1. The lowest BCUT2D eigenvalue weighted by molar-refractivity contribution is -0.144. The van der Waals surface area contributed by atoms with E-state index in [4.69, 9.17) is 5.11 Å².